The van der Waals surface area contributed by atoms with Crippen LogP contribution in [0.5, 0.6) is 0 Å². The highest BCUT2D eigenvalue weighted by atomic mass is 19.1. The lowest BCUT2D eigenvalue weighted by atomic mass is 9.97. The van der Waals surface area contributed by atoms with E-state index >= 15 is 0 Å². The molecule has 0 aromatic heterocycles. The van der Waals surface area contributed by atoms with Gasteiger partial charge in [0.2, 0.25) is 0 Å². The van der Waals surface area contributed by atoms with Crippen LogP contribution in [0, 0.1) is 5.82 Å². The highest BCUT2D eigenvalue weighted by molar-refractivity contribution is 5.92. The van der Waals surface area contributed by atoms with Gasteiger partial charge in [0.25, 0.3) is 5.91 Å². The molecule has 0 heterocycles. The molecule has 0 unspecified atom stereocenters. The molecule has 0 saturated carbocycles. The average molecular weight is 345 g/mol. The molecule has 2 amide bonds. The molecule has 5 nitrogen and oxygen atoms in total. The molecule has 0 aliphatic heterocycles. The number of amides is 2. The zero-order chi connectivity index (χ0) is 18.2. The minimum atomic E-state index is -0.798. The van der Waals surface area contributed by atoms with Crippen LogP contribution in [0.1, 0.15) is 29.7 Å². The first-order valence-electron chi connectivity index (χ1n) is 8.09. The van der Waals surface area contributed by atoms with Crippen molar-refractivity contribution in [2.45, 2.75) is 19.4 Å². The second-order valence-electron chi connectivity index (χ2n) is 5.61. The first kappa shape index (κ1) is 18.6. The van der Waals surface area contributed by atoms with Crippen molar-refractivity contribution in [3.63, 3.8) is 0 Å². The van der Waals surface area contributed by atoms with E-state index in [2.05, 4.69) is 17.0 Å². The molecule has 0 fully saturated rings. The average Bonchev–Trinajstić information content (AvgIpc) is 2.62. The fraction of sp³-hybridized carbons (Fsp3) is 0.263. The van der Waals surface area contributed by atoms with Crippen LogP contribution in [0.3, 0.4) is 0 Å². The fourth-order valence-corrected chi connectivity index (χ4v) is 2.57. The fourth-order valence-electron chi connectivity index (χ4n) is 2.57. The summed E-state index contributed by atoms with van der Waals surface area (Å²) in [6.45, 7) is 2.08. The molecule has 0 aliphatic rings. The number of ether oxygens (including phenoxy) is 1. The summed E-state index contributed by atoms with van der Waals surface area (Å²) in [7, 11) is 1.19. The van der Waals surface area contributed by atoms with Gasteiger partial charge >= 0.3 is 6.09 Å². The molecule has 132 valence electrons. The first-order chi connectivity index (χ1) is 12.0. The van der Waals surface area contributed by atoms with E-state index in [9.17, 15) is 14.0 Å². The number of benzene rings is 2. The molecule has 1 atom stereocenters. The Hall–Kier alpha value is -2.73. The summed E-state index contributed by atoms with van der Waals surface area (Å²) in [5.74, 6) is -0.807. The number of hydrogen-bond donors (Lipinski definition) is 2. The number of alkyl carbamates (subject to hydrolysis) is 1. The second-order valence-corrected chi connectivity index (χ2v) is 5.61. The molecular formula is C19H22FN2O3+. The lowest BCUT2D eigenvalue weighted by Gasteiger charge is -2.17. The Morgan fingerprint density at radius 3 is 2.48 bits per heavy atom. The van der Waals surface area contributed by atoms with Crippen molar-refractivity contribution in [3.8, 4) is 0 Å². The molecule has 2 aromatic carbocycles. The van der Waals surface area contributed by atoms with Crippen LogP contribution >= 0.6 is 0 Å². The third-order valence-electron chi connectivity index (χ3n) is 3.92. The van der Waals surface area contributed by atoms with Gasteiger partial charge in [0, 0.05) is 11.1 Å². The molecular weight excluding hydrogens is 323 g/mol. The summed E-state index contributed by atoms with van der Waals surface area (Å²) < 4.78 is 18.0. The van der Waals surface area contributed by atoms with Gasteiger partial charge in [0.1, 0.15) is 11.9 Å². The van der Waals surface area contributed by atoms with Crippen LogP contribution in [-0.2, 0) is 16.0 Å². The smallest absolute Gasteiger partial charge is 0.413 e. The standard InChI is InChI=1S/C19H21FN2O3/c1-3-13-7-9-14(10-8-13)18(15-5-4-6-16(20)11-15)21-12-17(23)22-19(24)25-2/h4-11,18,21H,3,12H2,1-2H3,(H,22,23,24)/p+1/t18-/m1/s1. The SMILES string of the molecule is CCc1ccc([C@@H]([NH2+]CC(=O)NC(=O)OC)c2cccc(F)c2)cc1. The Bertz CT molecular complexity index is 732. The molecule has 25 heavy (non-hydrogen) atoms. The topological polar surface area (TPSA) is 72.0 Å². The van der Waals surface area contributed by atoms with Gasteiger partial charge in [-0.05, 0) is 24.1 Å². The van der Waals surface area contributed by atoms with E-state index in [0.29, 0.717) is 0 Å². The predicted octanol–water partition coefficient (Wildman–Crippen LogP) is 1.92. The summed E-state index contributed by atoms with van der Waals surface area (Å²) in [6, 6.07) is 14.0. The van der Waals surface area contributed by atoms with Gasteiger partial charge in [-0.3, -0.25) is 10.1 Å². The Balaban J connectivity index is 2.20. The third-order valence-corrected chi connectivity index (χ3v) is 3.92. The van der Waals surface area contributed by atoms with Crippen LogP contribution in [-0.4, -0.2) is 25.7 Å². The summed E-state index contributed by atoms with van der Waals surface area (Å²) in [6.07, 6.45) is 0.129. The van der Waals surface area contributed by atoms with E-state index in [-0.39, 0.29) is 18.4 Å². The number of hydrogen-bond acceptors (Lipinski definition) is 3. The van der Waals surface area contributed by atoms with Crippen molar-refractivity contribution in [1.29, 1.82) is 0 Å². The number of carbonyl (C=O) groups is 2. The number of nitrogens with one attached hydrogen (secondary N) is 1. The quantitative estimate of drug-likeness (QED) is 0.840. The second kappa shape index (κ2) is 8.94. The maximum atomic E-state index is 13.6. The van der Waals surface area contributed by atoms with Crippen LogP contribution in [0.25, 0.3) is 0 Å². The zero-order valence-corrected chi connectivity index (χ0v) is 14.3. The van der Waals surface area contributed by atoms with E-state index in [1.807, 2.05) is 30.3 Å². The van der Waals surface area contributed by atoms with Gasteiger partial charge in [0.05, 0.1) is 7.11 Å². The minimum absolute atomic E-state index is 0.00576. The largest absolute Gasteiger partial charge is 0.453 e. The minimum Gasteiger partial charge on any atom is -0.453 e. The van der Waals surface area contributed by atoms with E-state index in [1.165, 1.54) is 24.8 Å². The molecule has 0 saturated heterocycles. The van der Waals surface area contributed by atoms with Crippen LogP contribution < -0.4 is 10.6 Å². The molecule has 2 aromatic rings. The van der Waals surface area contributed by atoms with Gasteiger partial charge < -0.3 is 10.1 Å². The highest BCUT2D eigenvalue weighted by Gasteiger charge is 2.20. The molecule has 3 N–H and O–H groups in total. The van der Waals surface area contributed by atoms with E-state index in [4.69, 9.17) is 0 Å². The van der Waals surface area contributed by atoms with Gasteiger partial charge in [-0.15, -0.1) is 0 Å². The number of methoxy groups -OCH3 is 1. The summed E-state index contributed by atoms with van der Waals surface area (Å²) in [5.41, 5.74) is 2.90. The number of aryl methyl sites for hydroxylation is 1. The van der Waals surface area contributed by atoms with Crippen LogP contribution in [0.4, 0.5) is 9.18 Å². The maximum absolute atomic E-state index is 13.6. The van der Waals surface area contributed by atoms with Crippen LogP contribution in [0.15, 0.2) is 48.5 Å². The van der Waals surface area contributed by atoms with Gasteiger partial charge in [-0.1, -0.05) is 43.3 Å². The van der Waals surface area contributed by atoms with E-state index < -0.39 is 12.0 Å². The van der Waals surface area contributed by atoms with E-state index in [1.54, 1.807) is 11.4 Å². The van der Waals surface area contributed by atoms with Crippen molar-refractivity contribution in [1.82, 2.24) is 5.32 Å². The number of rotatable bonds is 6. The third kappa shape index (κ3) is 5.39. The van der Waals surface area contributed by atoms with Crippen molar-refractivity contribution >= 4 is 12.0 Å². The number of quaternary nitrogens is 1. The number of carbonyl (C=O) groups excluding carboxylic acids is 2. The van der Waals surface area contributed by atoms with Crippen molar-refractivity contribution in [3.05, 3.63) is 71.0 Å². The lowest BCUT2D eigenvalue weighted by molar-refractivity contribution is -0.676. The summed E-state index contributed by atoms with van der Waals surface area (Å²) >= 11 is 0. The number of nitrogens with two attached hydrogens (primary N) is 1. The van der Waals surface area contributed by atoms with Crippen molar-refractivity contribution in [2.75, 3.05) is 13.7 Å². The summed E-state index contributed by atoms with van der Waals surface area (Å²) in [4.78, 5) is 22.9. The highest BCUT2D eigenvalue weighted by Crippen LogP contribution is 2.20. The van der Waals surface area contributed by atoms with Gasteiger partial charge in [0.15, 0.2) is 6.54 Å². The number of halogens is 1. The monoisotopic (exact) mass is 345 g/mol. The summed E-state index contributed by atoms with van der Waals surface area (Å²) in [5, 5.41) is 3.87. The molecule has 6 heteroatoms. The Morgan fingerprint density at radius 1 is 1.16 bits per heavy atom. The lowest BCUT2D eigenvalue weighted by Crippen LogP contribution is -2.87. The van der Waals surface area contributed by atoms with E-state index in [0.717, 1.165) is 17.5 Å². The molecule has 0 spiro atoms. The Labute approximate surface area is 146 Å². The molecule has 0 bridgehead atoms. The molecule has 0 radical (unpaired) electrons. The molecule has 2 rings (SSSR count). The van der Waals surface area contributed by atoms with Crippen molar-refractivity contribution in [2.24, 2.45) is 0 Å². The Kier molecular flexibility index (Phi) is 6.65. The maximum Gasteiger partial charge on any atom is 0.413 e. The van der Waals surface area contributed by atoms with Gasteiger partial charge in [-0.25, -0.2) is 9.18 Å². The van der Waals surface area contributed by atoms with Gasteiger partial charge in [-0.2, -0.15) is 0 Å². The van der Waals surface area contributed by atoms with Crippen molar-refractivity contribution < 1.29 is 24.0 Å². The predicted molar refractivity (Wildman–Crippen MR) is 91.4 cm³/mol. The van der Waals surface area contributed by atoms with Crippen LogP contribution in [0.2, 0.25) is 0 Å². The Morgan fingerprint density at radius 2 is 1.88 bits per heavy atom. The number of imide groups is 1. The first-order valence-corrected chi connectivity index (χ1v) is 8.09. The molecule has 0 aliphatic carbocycles. The normalized spacial score (nSPS) is 11.6. The zero-order valence-electron chi connectivity index (χ0n) is 14.3.